The molecule has 0 unspecified atom stereocenters. The number of carbonyl (C=O) groups is 1. The van der Waals surface area contributed by atoms with Crippen molar-refractivity contribution in [1.29, 1.82) is 0 Å². The molecule has 1 N–H and O–H groups in total. The zero-order valence-corrected chi connectivity index (χ0v) is 12.5. The maximum atomic E-state index is 11.9. The molecule has 0 aromatic heterocycles. The molecule has 2 aromatic rings. The van der Waals surface area contributed by atoms with E-state index in [4.69, 9.17) is 17.0 Å². The fraction of sp³-hybridized carbons (Fsp3) is 0.0667. The molecule has 2 aromatic carbocycles. The van der Waals surface area contributed by atoms with Crippen molar-refractivity contribution in [2.75, 3.05) is 7.11 Å². The zero-order valence-electron chi connectivity index (χ0n) is 10.8. The van der Waals surface area contributed by atoms with Crippen molar-refractivity contribution in [2.45, 2.75) is 0 Å². The van der Waals surface area contributed by atoms with E-state index in [1.165, 1.54) is 0 Å². The predicted octanol–water partition coefficient (Wildman–Crippen LogP) is 3.45. The van der Waals surface area contributed by atoms with Gasteiger partial charge >= 0.3 is 0 Å². The van der Waals surface area contributed by atoms with E-state index in [2.05, 4.69) is 4.72 Å². The third-order valence-corrected chi connectivity index (χ3v) is 3.79. The van der Waals surface area contributed by atoms with Crippen molar-refractivity contribution < 1.29 is 9.53 Å². The van der Waals surface area contributed by atoms with E-state index in [0.717, 1.165) is 23.3 Å². The molecule has 0 atom stereocenters. The highest BCUT2D eigenvalue weighted by atomic mass is 32.2. The Bertz CT molecular complexity index is 597. The number of amides is 1. The first-order chi connectivity index (χ1) is 9.70. The van der Waals surface area contributed by atoms with Gasteiger partial charge in [-0.05, 0) is 48.3 Å². The molecule has 102 valence electrons. The average molecular weight is 303 g/mol. The van der Waals surface area contributed by atoms with Crippen LogP contribution in [0.2, 0.25) is 0 Å². The Labute approximate surface area is 127 Å². The summed E-state index contributed by atoms with van der Waals surface area (Å²) in [4.78, 5) is 11.9. The Hall–Kier alpha value is -1.85. The van der Waals surface area contributed by atoms with E-state index in [0.29, 0.717) is 9.76 Å². The van der Waals surface area contributed by atoms with Crippen molar-refractivity contribution in [1.82, 2.24) is 4.72 Å². The van der Waals surface area contributed by atoms with Crippen LogP contribution in [0.4, 0.5) is 0 Å². The second kappa shape index (κ2) is 7.07. The first-order valence-electron chi connectivity index (χ1n) is 5.91. The third-order valence-electron chi connectivity index (χ3n) is 2.60. The van der Waals surface area contributed by atoms with Crippen LogP contribution in [0.25, 0.3) is 0 Å². The maximum absolute atomic E-state index is 11.9. The Balaban J connectivity index is 1.93. The standard InChI is InChI=1S/C15H13NO2S2/c1-18-13-9-7-12(8-10-13)15(19)20-16-14(17)11-5-3-2-4-6-11/h2-10H,1H3,(H,16,17). The van der Waals surface area contributed by atoms with Crippen LogP contribution in [0.3, 0.4) is 0 Å². The van der Waals surface area contributed by atoms with Gasteiger partial charge in [-0.25, -0.2) is 0 Å². The van der Waals surface area contributed by atoms with Gasteiger partial charge in [0.25, 0.3) is 5.91 Å². The van der Waals surface area contributed by atoms with Gasteiger partial charge in [0, 0.05) is 11.1 Å². The van der Waals surface area contributed by atoms with E-state index in [-0.39, 0.29) is 5.91 Å². The Morgan fingerprint density at radius 3 is 2.30 bits per heavy atom. The molecule has 0 aliphatic carbocycles. The van der Waals surface area contributed by atoms with E-state index in [1.54, 1.807) is 19.2 Å². The number of carbonyl (C=O) groups excluding carboxylic acids is 1. The minimum atomic E-state index is -0.161. The lowest BCUT2D eigenvalue weighted by Crippen LogP contribution is -2.17. The molecule has 0 heterocycles. The number of nitrogens with one attached hydrogen (secondary N) is 1. The summed E-state index contributed by atoms with van der Waals surface area (Å²) >= 11 is 6.41. The van der Waals surface area contributed by atoms with Crippen LogP contribution in [0, 0.1) is 0 Å². The Morgan fingerprint density at radius 2 is 1.70 bits per heavy atom. The fourth-order valence-corrected chi connectivity index (χ4v) is 2.35. The lowest BCUT2D eigenvalue weighted by molar-refractivity contribution is 0.0985. The molecular weight excluding hydrogens is 290 g/mol. The number of methoxy groups -OCH3 is 1. The highest BCUT2D eigenvalue weighted by molar-refractivity contribution is 8.22. The molecule has 0 saturated carbocycles. The van der Waals surface area contributed by atoms with E-state index in [9.17, 15) is 4.79 Å². The van der Waals surface area contributed by atoms with Gasteiger partial charge in [-0.3, -0.25) is 9.52 Å². The molecule has 0 spiro atoms. The first kappa shape index (κ1) is 14.6. The van der Waals surface area contributed by atoms with Gasteiger partial charge in [0.2, 0.25) is 0 Å². The second-order valence-electron chi connectivity index (χ2n) is 3.92. The molecule has 0 saturated heterocycles. The summed E-state index contributed by atoms with van der Waals surface area (Å²) in [5, 5.41) is 0. The van der Waals surface area contributed by atoms with Crippen LogP contribution in [0.15, 0.2) is 54.6 Å². The molecule has 2 rings (SSSR count). The third kappa shape index (κ3) is 3.82. The number of hydrogen-bond donors (Lipinski definition) is 1. The normalized spacial score (nSPS) is 9.85. The van der Waals surface area contributed by atoms with Crippen LogP contribution in [-0.4, -0.2) is 17.2 Å². The lowest BCUT2D eigenvalue weighted by atomic mass is 10.2. The first-order valence-corrected chi connectivity index (χ1v) is 7.14. The molecule has 0 fully saturated rings. The number of benzene rings is 2. The average Bonchev–Trinajstić information content (AvgIpc) is 2.53. The predicted molar refractivity (Wildman–Crippen MR) is 86.2 cm³/mol. The molecule has 0 radical (unpaired) electrons. The van der Waals surface area contributed by atoms with Gasteiger partial charge in [-0.15, -0.1) is 0 Å². The van der Waals surface area contributed by atoms with Crippen LogP contribution in [0.5, 0.6) is 5.75 Å². The summed E-state index contributed by atoms with van der Waals surface area (Å²) in [7, 11) is 1.61. The summed E-state index contributed by atoms with van der Waals surface area (Å²) in [5.74, 6) is 0.612. The van der Waals surface area contributed by atoms with Gasteiger partial charge in [0.15, 0.2) is 0 Å². The molecule has 0 aliphatic rings. The number of thiocarbonyl (C=S) groups is 1. The summed E-state index contributed by atoms with van der Waals surface area (Å²) < 4.78 is 8.42. The van der Waals surface area contributed by atoms with Crippen molar-refractivity contribution in [3.05, 3.63) is 65.7 Å². The van der Waals surface area contributed by atoms with E-state index in [1.807, 2.05) is 42.5 Å². The largest absolute Gasteiger partial charge is 0.497 e. The zero-order chi connectivity index (χ0) is 14.4. The van der Waals surface area contributed by atoms with Crippen LogP contribution in [0.1, 0.15) is 15.9 Å². The topological polar surface area (TPSA) is 38.3 Å². The van der Waals surface area contributed by atoms with E-state index < -0.39 is 0 Å². The monoisotopic (exact) mass is 303 g/mol. The highest BCUT2D eigenvalue weighted by Crippen LogP contribution is 2.16. The maximum Gasteiger partial charge on any atom is 0.261 e. The van der Waals surface area contributed by atoms with E-state index >= 15 is 0 Å². The SMILES string of the molecule is COc1ccc(C(=S)SNC(=O)c2ccccc2)cc1. The highest BCUT2D eigenvalue weighted by Gasteiger charge is 2.07. The minimum absolute atomic E-state index is 0.161. The molecular formula is C15H13NO2S2. The smallest absolute Gasteiger partial charge is 0.261 e. The molecule has 20 heavy (non-hydrogen) atoms. The fourth-order valence-electron chi connectivity index (χ4n) is 1.53. The number of rotatable bonds is 3. The molecule has 0 bridgehead atoms. The van der Waals surface area contributed by atoms with Gasteiger partial charge in [0.1, 0.15) is 5.75 Å². The molecule has 0 aliphatic heterocycles. The number of ether oxygens (including phenoxy) is 1. The Kier molecular flexibility index (Phi) is 5.15. The molecule has 5 heteroatoms. The quantitative estimate of drug-likeness (QED) is 0.696. The van der Waals surface area contributed by atoms with Crippen molar-refractivity contribution in [3.8, 4) is 5.75 Å². The Morgan fingerprint density at radius 1 is 1.05 bits per heavy atom. The summed E-state index contributed by atoms with van der Waals surface area (Å²) in [6, 6.07) is 16.4. The summed E-state index contributed by atoms with van der Waals surface area (Å²) in [5.41, 5.74) is 1.48. The van der Waals surface area contributed by atoms with Gasteiger partial charge in [-0.2, -0.15) is 0 Å². The van der Waals surface area contributed by atoms with Crippen LogP contribution < -0.4 is 9.46 Å². The van der Waals surface area contributed by atoms with Crippen LogP contribution in [-0.2, 0) is 0 Å². The lowest BCUT2D eigenvalue weighted by Gasteiger charge is -2.06. The summed E-state index contributed by atoms with van der Waals surface area (Å²) in [6.07, 6.45) is 0. The van der Waals surface area contributed by atoms with Crippen molar-refractivity contribution in [2.24, 2.45) is 0 Å². The second-order valence-corrected chi connectivity index (χ2v) is 5.40. The van der Waals surface area contributed by atoms with Crippen molar-refractivity contribution >= 4 is 34.3 Å². The molecule has 3 nitrogen and oxygen atoms in total. The molecule has 1 amide bonds. The van der Waals surface area contributed by atoms with Gasteiger partial charge < -0.3 is 4.74 Å². The van der Waals surface area contributed by atoms with Crippen LogP contribution >= 0.6 is 24.2 Å². The summed E-state index contributed by atoms with van der Waals surface area (Å²) in [6.45, 7) is 0. The van der Waals surface area contributed by atoms with Crippen molar-refractivity contribution in [3.63, 3.8) is 0 Å². The minimum Gasteiger partial charge on any atom is -0.497 e. The van der Waals surface area contributed by atoms with Gasteiger partial charge in [0.05, 0.1) is 11.3 Å². The number of hydrogen-bond acceptors (Lipinski definition) is 4. The van der Waals surface area contributed by atoms with Gasteiger partial charge in [-0.1, -0.05) is 30.4 Å².